The van der Waals surface area contributed by atoms with Crippen LogP contribution in [0.15, 0.2) is 66.7 Å². The van der Waals surface area contributed by atoms with E-state index in [1.807, 2.05) is 72.8 Å². The Balaban J connectivity index is 2.16. The lowest BCUT2D eigenvalue weighted by Gasteiger charge is -2.15. The third kappa shape index (κ3) is 4.80. The van der Waals surface area contributed by atoms with Crippen LogP contribution in [0.25, 0.3) is 6.08 Å². The molecule has 21 heavy (non-hydrogen) atoms. The molecule has 2 rings (SSSR count). The van der Waals surface area contributed by atoms with Crippen molar-refractivity contribution in [1.82, 2.24) is 5.32 Å². The molecule has 0 saturated carbocycles. The molecule has 1 amide bonds. The average molecular weight is 281 g/mol. The quantitative estimate of drug-likeness (QED) is 0.892. The summed E-state index contributed by atoms with van der Waals surface area (Å²) >= 11 is 0. The molecule has 0 spiro atoms. The van der Waals surface area contributed by atoms with Crippen molar-refractivity contribution >= 4 is 12.2 Å². The molecule has 2 aromatic carbocycles. The molecule has 3 nitrogen and oxygen atoms in total. The van der Waals surface area contributed by atoms with Gasteiger partial charge in [-0.15, -0.1) is 0 Å². The van der Waals surface area contributed by atoms with Crippen LogP contribution in [-0.4, -0.2) is 12.7 Å². The number of nitrogens with one attached hydrogen (secondary N) is 1. The van der Waals surface area contributed by atoms with Crippen molar-refractivity contribution in [2.24, 2.45) is 0 Å². The highest BCUT2D eigenvalue weighted by atomic mass is 16.5. The molecule has 0 radical (unpaired) electrons. The lowest BCUT2D eigenvalue weighted by molar-refractivity contribution is 0.150. The third-order valence-electron chi connectivity index (χ3n) is 2.99. The highest BCUT2D eigenvalue weighted by molar-refractivity contribution is 5.68. The zero-order valence-corrected chi connectivity index (χ0v) is 12.0. The van der Waals surface area contributed by atoms with Crippen LogP contribution in [0.2, 0.25) is 0 Å². The van der Waals surface area contributed by atoms with Gasteiger partial charge in [-0.3, -0.25) is 0 Å². The summed E-state index contributed by atoms with van der Waals surface area (Å²) in [6.07, 6.45) is 3.54. The molecule has 0 aliphatic carbocycles. The molecule has 0 aromatic heterocycles. The Labute approximate surface area is 125 Å². The van der Waals surface area contributed by atoms with Gasteiger partial charge >= 0.3 is 6.09 Å². The molecule has 1 unspecified atom stereocenters. The molecule has 0 fully saturated rings. The predicted molar refractivity (Wildman–Crippen MR) is 84.8 cm³/mol. The molecule has 2 aromatic rings. The second-order valence-corrected chi connectivity index (χ2v) is 4.52. The first kappa shape index (κ1) is 14.9. The number of rotatable bonds is 5. The number of hydrogen-bond donors (Lipinski definition) is 1. The second kappa shape index (κ2) is 7.90. The smallest absolute Gasteiger partial charge is 0.407 e. The van der Waals surface area contributed by atoms with E-state index < -0.39 is 6.09 Å². The SMILES string of the molecule is CCOC(=O)NC(/C=C/c1ccccc1)c1ccccc1. The Hall–Kier alpha value is -2.55. The van der Waals surface area contributed by atoms with E-state index in [4.69, 9.17) is 4.74 Å². The van der Waals surface area contributed by atoms with Gasteiger partial charge in [-0.05, 0) is 18.1 Å². The number of ether oxygens (including phenoxy) is 1. The summed E-state index contributed by atoms with van der Waals surface area (Å²) in [6.45, 7) is 2.15. The maximum atomic E-state index is 11.7. The highest BCUT2D eigenvalue weighted by Gasteiger charge is 2.11. The maximum Gasteiger partial charge on any atom is 0.407 e. The second-order valence-electron chi connectivity index (χ2n) is 4.52. The number of alkyl carbamates (subject to hydrolysis) is 1. The van der Waals surface area contributed by atoms with Gasteiger partial charge in [0.05, 0.1) is 12.6 Å². The normalized spacial score (nSPS) is 12.0. The van der Waals surface area contributed by atoms with Gasteiger partial charge in [0.15, 0.2) is 0 Å². The van der Waals surface area contributed by atoms with E-state index >= 15 is 0 Å². The monoisotopic (exact) mass is 281 g/mol. The Morgan fingerprint density at radius 3 is 2.33 bits per heavy atom. The van der Waals surface area contributed by atoms with E-state index in [-0.39, 0.29) is 6.04 Å². The summed E-state index contributed by atoms with van der Waals surface area (Å²) in [5, 5.41) is 2.86. The van der Waals surface area contributed by atoms with Gasteiger partial charge in [-0.1, -0.05) is 72.8 Å². The zero-order valence-electron chi connectivity index (χ0n) is 12.0. The molecule has 1 N–H and O–H groups in total. The van der Waals surface area contributed by atoms with E-state index in [1.165, 1.54) is 0 Å². The molecule has 1 atom stereocenters. The summed E-state index contributed by atoms with van der Waals surface area (Å²) in [4.78, 5) is 11.7. The summed E-state index contributed by atoms with van der Waals surface area (Å²) in [7, 11) is 0. The Bertz CT molecular complexity index is 579. The largest absolute Gasteiger partial charge is 0.450 e. The lowest BCUT2D eigenvalue weighted by Crippen LogP contribution is -2.28. The Morgan fingerprint density at radius 2 is 1.71 bits per heavy atom. The molecule has 0 aliphatic heterocycles. The summed E-state index contributed by atoms with van der Waals surface area (Å²) in [6, 6.07) is 19.6. The predicted octanol–water partition coefficient (Wildman–Crippen LogP) is 4.19. The molecule has 0 aliphatic rings. The van der Waals surface area contributed by atoms with Gasteiger partial charge in [0.2, 0.25) is 0 Å². The van der Waals surface area contributed by atoms with Gasteiger partial charge in [0, 0.05) is 0 Å². The van der Waals surface area contributed by atoms with Crippen LogP contribution >= 0.6 is 0 Å². The van der Waals surface area contributed by atoms with E-state index in [9.17, 15) is 4.79 Å². The van der Waals surface area contributed by atoms with Gasteiger partial charge < -0.3 is 10.1 Å². The number of carbonyl (C=O) groups excluding carboxylic acids is 1. The van der Waals surface area contributed by atoms with Crippen LogP contribution in [-0.2, 0) is 4.74 Å². The fourth-order valence-corrected chi connectivity index (χ4v) is 1.97. The molecule has 108 valence electrons. The van der Waals surface area contributed by atoms with Crippen LogP contribution in [0.4, 0.5) is 4.79 Å². The van der Waals surface area contributed by atoms with Crippen molar-refractivity contribution in [3.05, 3.63) is 77.9 Å². The lowest BCUT2D eigenvalue weighted by atomic mass is 10.1. The van der Waals surface area contributed by atoms with Crippen LogP contribution < -0.4 is 5.32 Å². The van der Waals surface area contributed by atoms with Crippen molar-refractivity contribution in [1.29, 1.82) is 0 Å². The molecule has 3 heteroatoms. The van der Waals surface area contributed by atoms with Crippen molar-refractivity contribution in [3.63, 3.8) is 0 Å². The van der Waals surface area contributed by atoms with Crippen LogP contribution in [0.3, 0.4) is 0 Å². The van der Waals surface area contributed by atoms with Crippen LogP contribution in [0, 0.1) is 0 Å². The van der Waals surface area contributed by atoms with Crippen molar-refractivity contribution in [2.45, 2.75) is 13.0 Å². The fourth-order valence-electron chi connectivity index (χ4n) is 1.97. The third-order valence-corrected chi connectivity index (χ3v) is 2.99. The Morgan fingerprint density at radius 1 is 1.10 bits per heavy atom. The van der Waals surface area contributed by atoms with Gasteiger partial charge in [-0.2, -0.15) is 0 Å². The first-order chi connectivity index (χ1) is 10.3. The number of hydrogen-bond acceptors (Lipinski definition) is 2. The first-order valence-corrected chi connectivity index (χ1v) is 7.01. The molecule has 0 heterocycles. The van der Waals surface area contributed by atoms with Gasteiger partial charge in [-0.25, -0.2) is 4.79 Å². The molecular weight excluding hydrogens is 262 g/mol. The summed E-state index contributed by atoms with van der Waals surface area (Å²) in [5.41, 5.74) is 2.10. The minimum atomic E-state index is -0.413. The van der Waals surface area contributed by atoms with Gasteiger partial charge in [0.25, 0.3) is 0 Å². The maximum absolute atomic E-state index is 11.7. The highest BCUT2D eigenvalue weighted by Crippen LogP contribution is 2.16. The number of carbonyl (C=O) groups is 1. The number of benzene rings is 2. The minimum absolute atomic E-state index is 0.217. The average Bonchev–Trinajstić information content (AvgIpc) is 2.53. The van der Waals surface area contributed by atoms with Crippen molar-refractivity contribution in [2.75, 3.05) is 6.61 Å². The first-order valence-electron chi connectivity index (χ1n) is 7.01. The fraction of sp³-hybridized carbons (Fsp3) is 0.167. The van der Waals surface area contributed by atoms with Crippen molar-refractivity contribution in [3.8, 4) is 0 Å². The topological polar surface area (TPSA) is 38.3 Å². The zero-order chi connectivity index (χ0) is 14.9. The van der Waals surface area contributed by atoms with E-state index in [2.05, 4.69) is 5.32 Å². The molecule has 0 bridgehead atoms. The van der Waals surface area contributed by atoms with E-state index in [1.54, 1.807) is 6.92 Å². The molecule has 0 saturated heterocycles. The summed E-state index contributed by atoms with van der Waals surface area (Å²) in [5.74, 6) is 0. The summed E-state index contributed by atoms with van der Waals surface area (Å²) < 4.78 is 4.96. The molecular formula is C18H19NO2. The van der Waals surface area contributed by atoms with Crippen LogP contribution in [0.5, 0.6) is 0 Å². The number of amides is 1. The van der Waals surface area contributed by atoms with E-state index in [0.717, 1.165) is 11.1 Å². The Kier molecular flexibility index (Phi) is 5.59. The van der Waals surface area contributed by atoms with Gasteiger partial charge in [0.1, 0.15) is 0 Å². The minimum Gasteiger partial charge on any atom is -0.450 e. The van der Waals surface area contributed by atoms with E-state index in [0.29, 0.717) is 6.61 Å². The standard InChI is InChI=1S/C18H19NO2/c1-2-21-18(20)19-17(16-11-7-4-8-12-16)14-13-15-9-5-3-6-10-15/h3-14,17H,2H2,1H3,(H,19,20)/b14-13+. The van der Waals surface area contributed by atoms with Crippen molar-refractivity contribution < 1.29 is 9.53 Å². The van der Waals surface area contributed by atoms with Crippen LogP contribution in [0.1, 0.15) is 24.1 Å².